The minimum atomic E-state index is -0.520. The number of halogens is 1. The van der Waals surface area contributed by atoms with Crippen LogP contribution in [-0.2, 0) is 4.74 Å². The lowest BCUT2D eigenvalue weighted by Gasteiger charge is -2.06. The minimum Gasteiger partial charge on any atom is -0.497 e. The fraction of sp³-hybridized carbons (Fsp3) is 0.120. The van der Waals surface area contributed by atoms with E-state index in [0.717, 1.165) is 4.47 Å². The topological polar surface area (TPSA) is 75.0 Å². The minimum absolute atomic E-state index is 0.214. The highest BCUT2D eigenvalue weighted by Crippen LogP contribution is 2.36. The fourth-order valence-corrected chi connectivity index (χ4v) is 3.51. The average Bonchev–Trinajstić information content (AvgIpc) is 3.18. The molecule has 0 saturated heterocycles. The Morgan fingerprint density at radius 3 is 2.25 bits per heavy atom. The van der Waals surface area contributed by atoms with Gasteiger partial charge in [-0.25, -0.2) is 9.59 Å². The summed E-state index contributed by atoms with van der Waals surface area (Å²) >= 11 is 3.34. The van der Waals surface area contributed by atoms with E-state index in [9.17, 15) is 9.59 Å². The SMILES string of the molecule is CCOC(=O)c1c(-c2ccc(OC)cc2)oc2ccc(OC(=O)c3ccc(Br)cc3)cc12. The summed E-state index contributed by atoms with van der Waals surface area (Å²) in [6, 6.07) is 18.9. The van der Waals surface area contributed by atoms with E-state index in [-0.39, 0.29) is 17.9 Å². The second-order valence-electron chi connectivity index (χ2n) is 6.81. The van der Waals surface area contributed by atoms with Crippen molar-refractivity contribution in [3.05, 3.63) is 82.3 Å². The van der Waals surface area contributed by atoms with E-state index in [1.54, 1.807) is 80.8 Å². The molecular formula is C25H19BrO6. The Labute approximate surface area is 192 Å². The highest BCUT2D eigenvalue weighted by Gasteiger charge is 2.24. The van der Waals surface area contributed by atoms with Crippen molar-refractivity contribution < 1.29 is 28.2 Å². The van der Waals surface area contributed by atoms with Gasteiger partial charge in [0.25, 0.3) is 0 Å². The van der Waals surface area contributed by atoms with Gasteiger partial charge in [-0.2, -0.15) is 0 Å². The first-order valence-corrected chi connectivity index (χ1v) is 10.6. The molecular weight excluding hydrogens is 476 g/mol. The van der Waals surface area contributed by atoms with Crippen LogP contribution in [0.4, 0.5) is 0 Å². The van der Waals surface area contributed by atoms with Gasteiger partial charge in [0.15, 0.2) is 0 Å². The summed E-state index contributed by atoms with van der Waals surface area (Å²) in [5.74, 6) is 0.321. The first-order valence-electron chi connectivity index (χ1n) is 9.86. The third-order valence-corrected chi connectivity index (χ3v) is 5.31. The summed E-state index contributed by atoms with van der Waals surface area (Å²) in [5.41, 5.74) is 1.85. The van der Waals surface area contributed by atoms with Crippen LogP contribution in [0.25, 0.3) is 22.3 Å². The fourth-order valence-electron chi connectivity index (χ4n) is 3.24. The van der Waals surface area contributed by atoms with Gasteiger partial charge in [0, 0.05) is 15.4 Å². The third kappa shape index (κ3) is 4.38. The van der Waals surface area contributed by atoms with Crippen LogP contribution in [0.5, 0.6) is 11.5 Å². The zero-order valence-corrected chi connectivity index (χ0v) is 19.0. The Morgan fingerprint density at radius 1 is 0.906 bits per heavy atom. The molecule has 7 heteroatoms. The van der Waals surface area contributed by atoms with Crippen LogP contribution in [0.1, 0.15) is 27.6 Å². The number of hydrogen-bond donors (Lipinski definition) is 0. The van der Waals surface area contributed by atoms with Gasteiger partial charge in [-0.1, -0.05) is 15.9 Å². The number of carbonyl (C=O) groups excluding carboxylic acids is 2. The standard InChI is InChI=1S/C25H19BrO6/c1-3-30-25(28)22-20-14-19(31-24(27)16-4-8-17(26)9-5-16)12-13-21(20)32-23(22)15-6-10-18(29-2)11-7-15/h4-14H,3H2,1-2H3. The molecule has 0 fully saturated rings. The van der Waals surface area contributed by atoms with Crippen molar-refractivity contribution in [1.82, 2.24) is 0 Å². The van der Waals surface area contributed by atoms with Gasteiger partial charge in [0.2, 0.25) is 0 Å². The Bertz CT molecular complexity index is 1270. The van der Waals surface area contributed by atoms with Crippen molar-refractivity contribution in [3.63, 3.8) is 0 Å². The molecule has 0 aliphatic heterocycles. The molecule has 6 nitrogen and oxygen atoms in total. The first kappa shape index (κ1) is 21.6. The summed E-state index contributed by atoms with van der Waals surface area (Å²) in [6.45, 7) is 1.95. The van der Waals surface area contributed by atoms with Gasteiger partial charge in [0.1, 0.15) is 28.4 Å². The van der Waals surface area contributed by atoms with Crippen LogP contribution in [0.2, 0.25) is 0 Å². The molecule has 0 bridgehead atoms. The highest BCUT2D eigenvalue weighted by molar-refractivity contribution is 9.10. The lowest BCUT2D eigenvalue weighted by atomic mass is 10.1. The molecule has 162 valence electrons. The van der Waals surface area contributed by atoms with E-state index in [2.05, 4.69) is 15.9 Å². The molecule has 32 heavy (non-hydrogen) atoms. The van der Waals surface area contributed by atoms with Crippen molar-refractivity contribution in [2.24, 2.45) is 0 Å². The number of hydrogen-bond acceptors (Lipinski definition) is 6. The predicted octanol–water partition coefficient (Wildman–Crippen LogP) is 6.27. The van der Waals surface area contributed by atoms with Crippen LogP contribution in [0, 0.1) is 0 Å². The van der Waals surface area contributed by atoms with E-state index in [1.165, 1.54) is 0 Å². The number of methoxy groups -OCH3 is 1. The Morgan fingerprint density at radius 2 is 1.59 bits per heavy atom. The average molecular weight is 495 g/mol. The van der Waals surface area contributed by atoms with E-state index in [1.807, 2.05) is 0 Å². The number of rotatable bonds is 6. The molecule has 0 atom stereocenters. The van der Waals surface area contributed by atoms with Crippen LogP contribution in [-0.4, -0.2) is 25.7 Å². The number of fused-ring (bicyclic) bond motifs is 1. The van der Waals surface area contributed by atoms with Gasteiger partial charge in [0.05, 0.1) is 19.3 Å². The summed E-state index contributed by atoms with van der Waals surface area (Å²) < 4.78 is 22.9. The lowest BCUT2D eigenvalue weighted by molar-refractivity contribution is 0.0528. The second kappa shape index (κ2) is 9.28. The molecule has 0 unspecified atom stereocenters. The van der Waals surface area contributed by atoms with E-state index < -0.39 is 11.9 Å². The number of esters is 2. The smallest absolute Gasteiger partial charge is 0.343 e. The molecule has 4 rings (SSSR count). The molecule has 1 aromatic heterocycles. The van der Waals surface area contributed by atoms with Crippen molar-refractivity contribution in [2.45, 2.75) is 6.92 Å². The van der Waals surface area contributed by atoms with Gasteiger partial charge < -0.3 is 18.6 Å². The van der Waals surface area contributed by atoms with Crippen LogP contribution < -0.4 is 9.47 Å². The Hall–Kier alpha value is -3.58. The largest absolute Gasteiger partial charge is 0.497 e. The number of benzene rings is 3. The van der Waals surface area contributed by atoms with Crippen molar-refractivity contribution in [1.29, 1.82) is 0 Å². The molecule has 3 aromatic carbocycles. The number of furan rings is 1. The van der Waals surface area contributed by atoms with E-state index in [0.29, 0.717) is 33.6 Å². The van der Waals surface area contributed by atoms with Crippen LogP contribution >= 0.6 is 15.9 Å². The van der Waals surface area contributed by atoms with Gasteiger partial charge in [-0.15, -0.1) is 0 Å². The summed E-state index contributed by atoms with van der Waals surface area (Å²) in [4.78, 5) is 25.3. The third-order valence-electron chi connectivity index (χ3n) is 4.78. The van der Waals surface area contributed by atoms with Crippen LogP contribution in [0.15, 0.2) is 75.6 Å². The van der Waals surface area contributed by atoms with Gasteiger partial charge >= 0.3 is 11.9 Å². The zero-order valence-electron chi connectivity index (χ0n) is 17.4. The maximum Gasteiger partial charge on any atom is 0.343 e. The quantitative estimate of drug-likeness (QED) is 0.232. The maximum absolute atomic E-state index is 12.8. The first-order chi connectivity index (χ1) is 15.5. The van der Waals surface area contributed by atoms with Crippen LogP contribution in [0.3, 0.4) is 0 Å². The summed E-state index contributed by atoms with van der Waals surface area (Å²) in [6.07, 6.45) is 0. The molecule has 0 N–H and O–H groups in total. The van der Waals surface area contributed by atoms with E-state index in [4.69, 9.17) is 18.6 Å². The van der Waals surface area contributed by atoms with Crippen molar-refractivity contribution in [3.8, 4) is 22.8 Å². The van der Waals surface area contributed by atoms with Crippen molar-refractivity contribution in [2.75, 3.05) is 13.7 Å². The number of ether oxygens (including phenoxy) is 3. The van der Waals surface area contributed by atoms with Gasteiger partial charge in [-0.05, 0) is 73.7 Å². The highest BCUT2D eigenvalue weighted by atomic mass is 79.9. The molecule has 0 amide bonds. The van der Waals surface area contributed by atoms with Gasteiger partial charge in [-0.3, -0.25) is 0 Å². The molecule has 0 spiro atoms. The van der Waals surface area contributed by atoms with Crippen molar-refractivity contribution >= 4 is 38.8 Å². The molecule has 0 radical (unpaired) electrons. The molecule has 0 saturated carbocycles. The predicted molar refractivity (Wildman–Crippen MR) is 123 cm³/mol. The Balaban J connectivity index is 1.75. The Kier molecular flexibility index (Phi) is 6.28. The normalized spacial score (nSPS) is 10.7. The molecule has 4 aromatic rings. The zero-order chi connectivity index (χ0) is 22.7. The molecule has 1 heterocycles. The molecule has 0 aliphatic rings. The molecule has 0 aliphatic carbocycles. The summed E-state index contributed by atoms with van der Waals surface area (Å²) in [7, 11) is 1.58. The van der Waals surface area contributed by atoms with E-state index >= 15 is 0 Å². The summed E-state index contributed by atoms with van der Waals surface area (Å²) in [5, 5.41) is 0.496. The monoisotopic (exact) mass is 494 g/mol. The number of carbonyl (C=O) groups is 2. The maximum atomic E-state index is 12.8. The second-order valence-corrected chi connectivity index (χ2v) is 7.73. The lowest BCUT2D eigenvalue weighted by Crippen LogP contribution is -2.08.